The number of aliphatic hydroxyl groups is 2. The van der Waals surface area contributed by atoms with Crippen LogP contribution < -0.4 is 11.2 Å². The van der Waals surface area contributed by atoms with E-state index in [-0.39, 0.29) is 24.4 Å². The molecular formula is C18H32N2O6Si. The van der Waals surface area contributed by atoms with E-state index in [1.807, 2.05) is 0 Å². The first kappa shape index (κ1) is 22.0. The zero-order valence-electron chi connectivity index (χ0n) is 16.8. The van der Waals surface area contributed by atoms with Gasteiger partial charge in [-0.05, 0) is 31.0 Å². The van der Waals surface area contributed by atoms with Crippen molar-refractivity contribution in [2.75, 3.05) is 13.2 Å². The summed E-state index contributed by atoms with van der Waals surface area (Å²) in [5.74, 6) is 0. The predicted octanol–water partition coefficient (Wildman–Crippen LogP) is 1.13. The van der Waals surface area contributed by atoms with Gasteiger partial charge < -0.3 is 19.4 Å². The average Bonchev–Trinajstić information content (AvgIpc) is 2.95. The second-order valence-electron chi connectivity index (χ2n) is 8.61. The van der Waals surface area contributed by atoms with E-state index in [0.717, 1.165) is 0 Å². The maximum absolute atomic E-state index is 12.3. The van der Waals surface area contributed by atoms with Crippen LogP contribution in [0.15, 0.2) is 15.8 Å². The molecule has 0 amide bonds. The minimum atomic E-state index is -2.07. The third kappa shape index (κ3) is 4.97. The summed E-state index contributed by atoms with van der Waals surface area (Å²) in [4.78, 5) is 26.5. The van der Waals surface area contributed by atoms with Gasteiger partial charge in [-0.25, -0.2) is 4.79 Å². The van der Waals surface area contributed by atoms with Crippen LogP contribution in [0.3, 0.4) is 0 Å². The van der Waals surface area contributed by atoms with Gasteiger partial charge >= 0.3 is 5.69 Å². The van der Waals surface area contributed by atoms with Gasteiger partial charge in [-0.3, -0.25) is 14.3 Å². The molecule has 1 aromatic rings. The summed E-state index contributed by atoms with van der Waals surface area (Å²) in [7, 11) is -2.07. The van der Waals surface area contributed by atoms with Gasteiger partial charge in [-0.1, -0.05) is 20.8 Å². The Hall–Kier alpha value is -1.26. The fourth-order valence-electron chi connectivity index (χ4n) is 2.90. The van der Waals surface area contributed by atoms with Crippen molar-refractivity contribution in [3.05, 3.63) is 32.6 Å². The Morgan fingerprint density at radius 3 is 2.56 bits per heavy atom. The number of H-pyrrole nitrogens is 1. The quantitative estimate of drug-likeness (QED) is 0.591. The summed E-state index contributed by atoms with van der Waals surface area (Å²) in [6.07, 6.45) is 1.25. The minimum Gasteiger partial charge on any atom is -0.411 e. The van der Waals surface area contributed by atoms with Gasteiger partial charge in [0, 0.05) is 24.8 Å². The number of aliphatic hydroxyl groups excluding tert-OH is 2. The molecule has 0 aliphatic carbocycles. The van der Waals surface area contributed by atoms with Gasteiger partial charge in [-0.2, -0.15) is 0 Å². The number of ether oxygens (including phenoxy) is 1. The first-order chi connectivity index (χ1) is 12.5. The maximum Gasteiger partial charge on any atom is 0.330 e. The van der Waals surface area contributed by atoms with Crippen LogP contribution in [-0.2, 0) is 15.6 Å². The van der Waals surface area contributed by atoms with Crippen LogP contribution in [0.1, 0.15) is 45.4 Å². The van der Waals surface area contributed by atoms with E-state index in [1.165, 1.54) is 10.8 Å². The molecule has 1 aromatic heterocycles. The number of hydrogen-bond acceptors (Lipinski definition) is 6. The van der Waals surface area contributed by atoms with Crippen molar-refractivity contribution in [1.29, 1.82) is 0 Å². The van der Waals surface area contributed by atoms with E-state index in [0.29, 0.717) is 24.8 Å². The Morgan fingerprint density at radius 1 is 1.33 bits per heavy atom. The molecule has 1 fully saturated rings. The van der Waals surface area contributed by atoms with Crippen molar-refractivity contribution >= 4 is 8.32 Å². The van der Waals surface area contributed by atoms with Crippen molar-refractivity contribution in [2.24, 2.45) is 0 Å². The summed E-state index contributed by atoms with van der Waals surface area (Å²) in [6.45, 7) is 10.4. The highest BCUT2D eigenvalue weighted by atomic mass is 28.4. The molecular weight excluding hydrogens is 368 g/mol. The summed E-state index contributed by atoms with van der Waals surface area (Å²) in [5.41, 5.74) is -0.584. The molecule has 9 heteroatoms. The zero-order valence-corrected chi connectivity index (χ0v) is 17.8. The van der Waals surface area contributed by atoms with Crippen molar-refractivity contribution in [3.8, 4) is 0 Å². The second kappa shape index (κ2) is 8.40. The van der Waals surface area contributed by atoms with Gasteiger partial charge in [0.05, 0.1) is 12.7 Å². The van der Waals surface area contributed by atoms with Crippen LogP contribution in [0.4, 0.5) is 0 Å². The summed E-state index contributed by atoms with van der Waals surface area (Å²) >= 11 is 0. The fraction of sp³-hybridized carbons (Fsp3) is 0.778. The van der Waals surface area contributed by atoms with Crippen molar-refractivity contribution < 1.29 is 19.4 Å². The van der Waals surface area contributed by atoms with E-state index in [2.05, 4.69) is 38.8 Å². The second-order valence-corrected chi connectivity index (χ2v) is 13.4. The molecule has 3 atom stereocenters. The van der Waals surface area contributed by atoms with E-state index in [9.17, 15) is 14.7 Å². The molecule has 27 heavy (non-hydrogen) atoms. The highest BCUT2D eigenvalue weighted by Gasteiger charge is 2.45. The molecule has 2 heterocycles. The van der Waals surface area contributed by atoms with Crippen LogP contribution in [0, 0.1) is 0 Å². The molecule has 0 radical (unpaired) electrons. The number of nitrogens with one attached hydrogen (secondary N) is 1. The molecule has 2 rings (SSSR count). The van der Waals surface area contributed by atoms with Crippen LogP contribution in [0.5, 0.6) is 0 Å². The molecule has 0 aromatic carbocycles. The number of rotatable bonds is 7. The molecule has 154 valence electrons. The monoisotopic (exact) mass is 400 g/mol. The molecule has 1 aliphatic rings. The highest BCUT2D eigenvalue weighted by Crippen LogP contribution is 2.40. The van der Waals surface area contributed by atoms with Gasteiger partial charge in [0.1, 0.15) is 12.3 Å². The van der Waals surface area contributed by atoms with E-state index < -0.39 is 31.9 Å². The lowest BCUT2D eigenvalue weighted by atomic mass is 10.2. The molecule has 0 spiro atoms. The first-order valence-corrected chi connectivity index (χ1v) is 12.3. The molecule has 1 aliphatic heterocycles. The van der Waals surface area contributed by atoms with Crippen molar-refractivity contribution in [3.63, 3.8) is 0 Å². The minimum absolute atomic E-state index is 0.0113. The van der Waals surface area contributed by atoms with E-state index in [4.69, 9.17) is 14.3 Å². The van der Waals surface area contributed by atoms with Gasteiger partial charge in [0.15, 0.2) is 8.32 Å². The molecule has 1 saturated heterocycles. The Kier molecular flexibility index (Phi) is 6.85. The Morgan fingerprint density at radius 2 is 2.00 bits per heavy atom. The predicted molar refractivity (Wildman–Crippen MR) is 104 cm³/mol. The van der Waals surface area contributed by atoms with Crippen LogP contribution in [0.25, 0.3) is 0 Å². The number of aromatic nitrogens is 2. The number of aryl methyl sites for hydroxylation is 1. The molecule has 8 nitrogen and oxygen atoms in total. The zero-order chi connectivity index (χ0) is 20.4. The summed E-state index contributed by atoms with van der Waals surface area (Å²) < 4.78 is 13.7. The lowest BCUT2D eigenvalue weighted by molar-refractivity contribution is -0.0439. The molecule has 0 saturated carbocycles. The third-order valence-electron chi connectivity index (χ3n) is 5.57. The van der Waals surface area contributed by atoms with Crippen LogP contribution >= 0.6 is 0 Å². The third-order valence-corrected chi connectivity index (χ3v) is 10.1. The summed E-state index contributed by atoms with van der Waals surface area (Å²) in [5, 5.41) is 18.7. The van der Waals surface area contributed by atoms with Crippen molar-refractivity contribution in [2.45, 2.75) is 76.6 Å². The van der Waals surface area contributed by atoms with Crippen molar-refractivity contribution in [1.82, 2.24) is 9.55 Å². The van der Waals surface area contributed by atoms with Gasteiger partial charge in [0.2, 0.25) is 0 Å². The number of hydrogen-bond donors (Lipinski definition) is 3. The van der Waals surface area contributed by atoms with Crippen LogP contribution in [0.2, 0.25) is 18.1 Å². The lowest BCUT2D eigenvalue weighted by Crippen LogP contribution is -2.46. The summed E-state index contributed by atoms with van der Waals surface area (Å²) in [6, 6.07) is 0. The van der Waals surface area contributed by atoms with E-state index in [1.54, 1.807) is 0 Å². The Balaban J connectivity index is 2.26. The van der Waals surface area contributed by atoms with Crippen LogP contribution in [-0.4, -0.2) is 53.5 Å². The fourth-order valence-corrected chi connectivity index (χ4v) is 4.26. The van der Waals surface area contributed by atoms with Gasteiger partial charge in [0.25, 0.3) is 5.56 Å². The van der Waals surface area contributed by atoms with Gasteiger partial charge in [-0.15, -0.1) is 0 Å². The smallest absolute Gasteiger partial charge is 0.330 e. The topological polar surface area (TPSA) is 114 Å². The first-order valence-electron chi connectivity index (χ1n) is 9.39. The Bertz CT molecular complexity index is 751. The standard InChI is InChI=1S/C18H32N2O6Si/c1-18(2,3)27(4,5)26-13-9-15(25-14(13)11-22)20-10-12(7-6-8-21)16(23)19-17(20)24/h10,13-15,21-22H,6-9,11H2,1-5H3,(H,19,23,24)/t13-,14+,15+/m0/s1. The average molecular weight is 401 g/mol. The molecule has 0 bridgehead atoms. The molecule has 0 unspecified atom stereocenters. The normalized spacial score (nSPS) is 23.7. The van der Waals surface area contributed by atoms with E-state index >= 15 is 0 Å². The number of nitrogens with zero attached hydrogens (tertiary/aromatic N) is 1. The Labute approximate surface area is 160 Å². The maximum atomic E-state index is 12.3. The lowest BCUT2D eigenvalue weighted by Gasteiger charge is -2.39. The SMILES string of the molecule is CC(C)(C)[Si](C)(C)O[C@H]1C[C@H](n2cc(CCCO)c(=O)[nH]c2=O)O[C@@H]1CO. The molecule has 3 N–H and O–H groups in total. The highest BCUT2D eigenvalue weighted by molar-refractivity contribution is 6.74. The number of aromatic amines is 1. The largest absolute Gasteiger partial charge is 0.411 e.